The Morgan fingerprint density at radius 2 is 1.94 bits per heavy atom. The number of imidazole rings is 1. The Bertz CT molecular complexity index is 1280. The van der Waals surface area contributed by atoms with Crippen LogP contribution < -0.4 is 10.1 Å². The summed E-state index contributed by atoms with van der Waals surface area (Å²) in [4.78, 5) is 19.1. The van der Waals surface area contributed by atoms with E-state index in [-0.39, 0.29) is 23.2 Å². The molecule has 4 aromatic rings. The van der Waals surface area contributed by atoms with Crippen molar-refractivity contribution < 1.29 is 17.9 Å². The number of nitrogens with one attached hydrogen (secondary N) is 1. The van der Waals surface area contributed by atoms with Crippen molar-refractivity contribution >= 4 is 34.4 Å². The third kappa shape index (κ3) is 5.17. The van der Waals surface area contributed by atoms with Gasteiger partial charge in [-0.05, 0) is 48.2 Å². The summed E-state index contributed by atoms with van der Waals surface area (Å²) in [5.41, 5.74) is -1.93. The van der Waals surface area contributed by atoms with Crippen LogP contribution in [0, 0.1) is 4.91 Å². The zero-order valence-electron chi connectivity index (χ0n) is 16.6. The van der Waals surface area contributed by atoms with Crippen LogP contribution in [0.5, 0.6) is 11.5 Å². The molecule has 0 saturated heterocycles. The molecule has 4 rings (SSSR count). The molecule has 32 heavy (non-hydrogen) atoms. The van der Waals surface area contributed by atoms with E-state index in [2.05, 4.69) is 20.5 Å². The minimum Gasteiger partial charge on any atom is -0.457 e. The second-order valence-corrected chi connectivity index (χ2v) is 7.86. The lowest BCUT2D eigenvalue weighted by Gasteiger charge is -2.09. The van der Waals surface area contributed by atoms with Crippen LogP contribution in [0.3, 0.4) is 0 Å². The van der Waals surface area contributed by atoms with E-state index in [0.717, 1.165) is 5.52 Å². The zero-order valence-corrected chi connectivity index (χ0v) is 17.4. The van der Waals surface area contributed by atoms with Gasteiger partial charge < -0.3 is 14.6 Å². The highest BCUT2D eigenvalue weighted by molar-refractivity contribution is 8.00. The lowest BCUT2D eigenvalue weighted by molar-refractivity contribution is -0.0328. The molecule has 0 amide bonds. The van der Waals surface area contributed by atoms with Gasteiger partial charge in [0.05, 0.1) is 16.7 Å². The van der Waals surface area contributed by atoms with Crippen LogP contribution in [0.4, 0.5) is 24.8 Å². The van der Waals surface area contributed by atoms with E-state index in [1.807, 2.05) is 6.07 Å². The monoisotopic (exact) mass is 459 g/mol. The summed E-state index contributed by atoms with van der Waals surface area (Å²) in [5.74, 6) is 1.50. The van der Waals surface area contributed by atoms with E-state index in [4.69, 9.17) is 4.74 Å². The lowest BCUT2D eigenvalue weighted by atomic mass is 10.3. The third-order valence-corrected chi connectivity index (χ3v) is 5.15. The van der Waals surface area contributed by atoms with E-state index in [1.165, 1.54) is 18.3 Å². The second kappa shape index (κ2) is 8.87. The molecule has 11 heteroatoms. The Balaban J connectivity index is 1.56. The van der Waals surface area contributed by atoms with Gasteiger partial charge in [0.15, 0.2) is 0 Å². The van der Waals surface area contributed by atoms with Gasteiger partial charge in [-0.25, -0.2) is 4.98 Å². The van der Waals surface area contributed by atoms with Crippen LogP contribution in [-0.2, 0) is 13.6 Å². The third-order valence-electron chi connectivity index (χ3n) is 4.43. The molecular formula is C21H16F3N5O2S. The van der Waals surface area contributed by atoms with Crippen molar-refractivity contribution in [3.8, 4) is 11.5 Å². The van der Waals surface area contributed by atoms with Crippen LogP contribution in [-0.4, -0.2) is 20.0 Å². The minimum atomic E-state index is -4.35. The fourth-order valence-electron chi connectivity index (χ4n) is 3.06. The molecule has 2 heterocycles. The molecule has 0 aliphatic carbocycles. The Morgan fingerprint density at radius 3 is 2.72 bits per heavy atom. The van der Waals surface area contributed by atoms with Crippen molar-refractivity contribution in [2.24, 2.45) is 12.2 Å². The van der Waals surface area contributed by atoms with Crippen LogP contribution in [0.25, 0.3) is 11.0 Å². The van der Waals surface area contributed by atoms with E-state index in [9.17, 15) is 18.1 Å². The summed E-state index contributed by atoms with van der Waals surface area (Å²) in [5, 5.41) is 5.88. The van der Waals surface area contributed by atoms with Crippen molar-refractivity contribution in [2.45, 2.75) is 16.9 Å². The van der Waals surface area contributed by atoms with Gasteiger partial charge in [0.25, 0.3) is 0 Å². The van der Waals surface area contributed by atoms with Crippen LogP contribution in [0.1, 0.15) is 5.69 Å². The van der Waals surface area contributed by atoms with Gasteiger partial charge >= 0.3 is 5.51 Å². The molecular weight excluding hydrogens is 443 g/mol. The number of pyridine rings is 1. The first-order chi connectivity index (χ1) is 15.3. The highest BCUT2D eigenvalue weighted by Gasteiger charge is 2.29. The van der Waals surface area contributed by atoms with Crippen LogP contribution in [0.15, 0.2) is 70.9 Å². The normalized spacial score (nSPS) is 11.5. The first-order valence-electron chi connectivity index (χ1n) is 9.32. The molecule has 0 atom stereocenters. The topological polar surface area (TPSA) is 81.4 Å². The smallest absolute Gasteiger partial charge is 0.446 e. The first kappa shape index (κ1) is 21.6. The number of anilines is 2. The van der Waals surface area contributed by atoms with E-state index in [0.29, 0.717) is 34.3 Å². The lowest BCUT2D eigenvalue weighted by Crippen LogP contribution is -2.01. The Kier molecular flexibility index (Phi) is 5.99. The van der Waals surface area contributed by atoms with Crippen LogP contribution in [0.2, 0.25) is 0 Å². The molecule has 0 aliphatic rings. The standard InChI is InChI=1S/C21H16F3N5O2S/c1-29-19-6-5-15(31-16-7-8-25-14(9-16)12-26-30)11-18(19)28-20(29)27-13-3-2-4-17(10-13)32-21(22,23)24/h2-11H,12H2,1H3,(H,27,28). The highest BCUT2D eigenvalue weighted by Crippen LogP contribution is 2.38. The molecule has 164 valence electrons. The molecule has 0 fully saturated rings. The second-order valence-electron chi connectivity index (χ2n) is 6.72. The number of ether oxygens (including phenoxy) is 1. The number of nitroso groups, excluding NO2 is 1. The first-order valence-corrected chi connectivity index (χ1v) is 10.1. The van der Waals surface area contributed by atoms with Crippen molar-refractivity contribution in [3.63, 3.8) is 0 Å². The summed E-state index contributed by atoms with van der Waals surface area (Å²) in [6.07, 6.45) is 1.53. The number of aryl methyl sites for hydroxylation is 1. The number of hydrogen-bond donors (Lipinski definition) is 1. The summed E-state index contributed by atoms with van der Waals surface area (Å²) >= 11 is -0.170. The largest absolute Gasteiger partial charge is 0.457 e. The van der Waals surface area contributed by atoms with E-state index in [1.54, 1.807) is 48.0 Å². The molecule has 0 bridgehead atoms. The number of thioether (sulfide) groups is 1. The molecule has 2 aromatic heterocycles. The number of aromatic nitrogens is 3. The van der Waals surface area contributed by atoms with Gasteiger partial charge in [0, 0.05) is 36.0 Å². The maximum atomic E-state index is 12.7. The number of rotatable bonds is 7. The quantitative estimate of drug-likeness (QED) is 0.255. The van der Waals surface area contributed by atoms with Crippen molar-refractivity contribution in [1.82, 2.24) is 14.5 Å². The van der Waals surface area contributed by atoms with Crippen molar-refractivity contribution in [3.05, 3.63) is 71.4 Å². The Morgan fingerprint density at radius 1 is 1.12 bits per heavy atom. The summed E-state index contributed by atoms with van der Waals surface area (Å²) in [6.45, 7) is -0.0474. The molecule has 2 aromatic carbocycles. The molecule has 0 radical (unpaired) electrons. The fraction of sp³-hybridized carbons (Fsp3) is 0.143. The Labute approximate surface area is 184 Å². The minimum absolute atomic E-state index is 0.0474. The number of hydrogen-bond acceptors (Lipinski definition) is 7. The van der Waals surface area contributed by atoms with Crippen molar-refractivity contribution in [1.29, 1.82) is 0 Å². The molecule has 7 nitrogen and oxygen atoms in total. The van der Waals surface area contributed by atoms with Crippen LogP contribution >= 0.6 is 11.8 Å². The molecule has 0 spiro atoms. The maximum absolute atomic E-state index is 12.7. The number of benzene rings is 2. The van der Waals surface area contributed by atoms with E-state index < -0.39 is 5.51 Å². The zero-order chi connectivity index (χ0) is 22.7. The maximum Gasteiger partial charge on any atom is 0.446 e. The van der Waals surface area contributed by atoms with Gasteiger partial charge in [0.1, 0.15) is 18.0 Å². The molecule has 0 aliphatic heterocycles. The average molecular weight is 459 g/mol. The molecule has 0 unspecified atom stereocenters. The summed E-state index contributed by atoms with van der Waals surface area (Å²) in [6, 6.07) is 14.7. The van der Waals surface area contributed by atoms with Gasteiger partial charge in [-0.3, -0.25) is 4.98 Å². The predicted octanol–water partition coefficient (Wildman–Crippen LogP) is 6.38. The SMILES string of the molecule is Cn1c(Nc2cccc(SC(F)(F)F)c2)nc2cc(Oc3ccnc(CN=O)c3)ccc21. The average Bonchev–Trinajstić information content (AvgIpc) is 3.02. The molecule has 1 N–H and O–H groups in total. The fourth-order valence-corrected chi connectivity index (χ4v) is 3.66. The number of nitrogens with zero attached hydrogens (tertiary/aromatic N) is 4. The van der Waals surface area contributed by atoms with Crippen molar-refractivity contribution in [2.75, 3.05) is 5.32 Å². The number of halogens is 3. The van der Waals surface area contributed by atoms with Gasteiger partial charge in [-0.1, -0.05) is 11.2 Å². The molecule has 0 saturated carbocycles. The number of alkyl halides is 3. The van der Waals surface area contributed by atoms with Gasteiger partial charge in [-0.2, -0.15) is 18.1 Å². The highest BCUT2D eigenvalue weighted by atomic mass is 32.2. The summed E-state index contributed by atoms with van der Waals surface area (Å²) in [7, 11) is 1.80. The van der Waals surface area contributed by atoms with E-state index >= 15 is 0 Å². The summed E-state index contributed by atoms with van der Waals surface area (Å²) < 4.78 is 45.6. The number of fused-ring (bicyclic) bond motifs is 1. The Hall–Kier alpha value is -3.60. The van der Waals surface area contributed by atoms with Gasteiger partial charge in [-0.15, -0.1) is 0 Å². The predicted molar refractivity (Wildman–Crippen MR) is 116 cm³/mol. The van der Waals surface area contributed by atoms with Gasteiger partial charge in [0.2, 0.25) is 5.95 Å².